The highest BCUT2D eigenvalue weighted by Gasteiger charge is 2.11. The number of nitrogens with two attached hydrogens (primary N) is 1. The van der Waals surface area contributed by atoms with Crippen LogP contribution in [0, 0.1) is 6.92 Å². The van der Waals surface area contributed by atoms with Gasteiger partial charge in [0.25, 0.3) is 0 Å². The van der Waals surface area contributed by atoms with E-state index in [4.69, 9.17) is 28.9 Å². The fourth-order valence-corrected chi connectivity index (χ4v) is 2.54. The number of aryl methyl sites for hydroxylation is 1. The molecule has 0 aliphatic heterocycles. The van der Waals surface area contributed by atoms with E-state index in [9.17, 15) is 0 Å². The first-order valence-electron chi connectivity index (χ1n) is 5.73. The van der Waals surface area contributed by atoms with Gasteiger partial charge in [-0.05, 0) is 36.9 Å². The van der Waals surface area contributed by atoms with Crippen LogP contribution >= 0.6 is 35.0 Å². The van der Waals surface area contributed by atoms with Crippen LogP contribution in [0.4, 0.5) is 5.69 Å². The largest absolute Gasteiger partial charge is 0.386 e. The number of benzene rings is 1. The lowest BCUT2D eigenvalue weighted by Crippen LogP contribution is -2.12. The summed E-state index contributed by atoms with van der Waals surface area (Å²) in [6.07, 6.45) is 0. The van der Waals surface area contributed by atoms with Gasteiger partial charge in [-0.15, -0.1) is 21.8 Å². The molecule has 0 amide bonds. The predicted octanol–water partition coefficient (Wildman–Crippen LogP) is 3.16. The number of nitrogens with zero attached hydrogens (tertiary/aromatic N) is 4. The first-order chi connectivity index (χ1) is 9.51. The molecule has 0 unspecified atom stereocenters. The van der Waals surface area contributed by atoms with E-state index >= 15 is 0 Å². The van der Waals surface area contributed by atoms with Crippen LogP contribution in [0.2, 0.25) is 5.02 Å². The maximum Gasteiger partial charge on any atom is 0.195 e. The predicted molar refractivity (Wildman–Crippen MR) is 83.3 cm³/mol. The highest BCUT2D eigenvalue weighted by Crippen LogP contribution is 2.36. The third-order valence-electron chi connectivity index (χ3n) is 2.58. The van der Waals surface area contributed by atoms with Crippen LogP contribution in [-0.4, -0.2) is 26.5 Å². The molecule has 2 aromatic rings. The summed E-state index contributed by atoms with van der Waals surface area (Å²) in [5, 5.41) is 9.49. The molecule has 0 radical (unpaired) electrons. The SMILES string of the molecule is Cc1nnc(Sc2ccc(Cl)cc2N=C(N)CCl)n1C. The Kier molecular flexibility index (Phi) is 4.91. The van der Waals surface area contributed by atoms with Gasteiger partial charge in [0.15, 0.2) is 5.16 Å². The van der Waals surface area contributed by atoms with Crippen LogP contribution in [0.3, 0.4) is 0 Å². The Morgan fingerprint density at radius 3 is 2.80 bits per heavy atom. The zero-order valence-electron chi connectivity index (χ0n) is 11.0. The molecule has 0 atom stereocenters. The van der Waals surface area contributed by atoms with E-state index in [2.05, 4.69) is 15.2 Å². The van der Waals surface area contributed by atoms with Crippen molar-refractivity contribution >= 4 is 46.5 Å². The van der Waals surface area contributed by atoms with Gasteiger partial charge < -0.3 is 10.3 Å². The van der Waals surface area contributed by atoms with Crippen molar-refractivity contribution in [3.05, 3.63) is 29.0 Å². The minimum absolute atomic E-state index is 0.166. The molecule has 2 rings (SSSR count). The Morgan fingerprint density at radius 2 is 2.20 bits per heavy atom. The second-order valence-corrected chi connectivity index (χ2v) is 5.75. The lowest BCUT2D eigenvalue weighted by atomic mass is 10.3. The topological polar surface area (TPSA) is 69.1 Å². The summed E-state index contributed by atoms with van der Waals surface area (Å²) in [7, 11) is 1.91. The van der Waals surface area contributed by atoms with Crippen LogP contribution in [-0.2, 0) is 7.05 Å². The summed E-state index contributed by atoms with van der Waals surface area (Å²) < 4.78 is 1.90. The third kappa shape index (κ3) is 3.45. The van der Waals surface area contributed by atoms with Crippen LogP contribution in [0.5, 0.6) is 0 Å². The minimum atomic E-state index is 0.166. The number of aliphatic imine (C=N–C) groups is 1. The number of aromatic nitrogens is 3. The first kappa shape index (κ1) is 15.2. The maximum absolute atomic E-state index is 6.00. The molecule has 0 aliphatic rings. The van der Waals surface area contributed by atoms with E-state index in [1.165, 1.54) is 11.8 Å². The van der Waals surface area contributed by atoms with Crippen molar-refractivity contribution in [3.8, 4) is 0 Å². The fourth-order valence-electron chi connectivity index (χ4n) is 1.42. The minimum Gasteiger partial charge on any atom is -0.386 e. The zero-order chi connectivity index (χ0) is 14.7. The summed E-state index contributed by atoms with van der Waals surface area (Å²) in [5.41, 5.74) is 6.35. The molecule has 5 nitrogen and oxygen atoms in total. The van der Waals surface area contributed by atoms with E-state index in [-0.39, 0.29) is 5.88 Å². The molecule has 0 fully saturated rings. The van der Waals surface area contributed by atoms with Crippen molar-refractivity contribution in [2.75, 3.05) is 5.88 Å². The van der Waals surface area contributed by atoms with Gasteiger partial charge in [-0.2, -0.15) is 0 Å². The lowest BCUT2D eigenvalue weighted by Gasteiger charge is -2.06. The molecular formula is C12H13Cl2N5S. The fraction of sp³-hybridized carbons (Fsp3) is 0.250. The van der Waals surface area contributed by atoms with Crippen molar-refractivity contribution in [1.82, 2.24) is 14.8 Å². The van der Waals surface area contributed by atoms with Gasteiger partial charge in [-0.3, -0.25) is 0 Å². The van der Waals surface area contributed by atoms with Crippen molar-refractivity contribution in [2.45, 2.75) is 17.0 Å². The van der Waals surface area contributed by atoms with E-state index < -0.39 is 0 Å². The lowest BCUT2D eigenvalue weighted by molar-refractivity contribution is 0.765. The molecule has 20 heavy (non-hydrogen) atoms. The maximum atomic E-state index is 6.00. The Balaban J connectivity index is 2.39. The molecule has 0 bridgehead atoms. The summed E-state index contributed by atoms with van der Waals surface area (Å²) in [4.78, 5) is 5.16. The number of alkyl halides is 1. The summed E-state index contributed by atoms with van der Waals surface area (Å²) in [6, 6.07) is 5.41. The highest BCUT2D eigenvalue weighted by molar-refractivity contribution is 7.99. The van der Waals surface area contributed by atoms with Gasteiger partial charge in [-0.1, -0.05) is 11.6 Å². The molecule has 0 saturated heterocycles. The van der Waals surface area contributed by atoms with Crippen LogP contribution in [0.15, 0.2) is 33.2 Å². The van der Waals surface area contributed by atoms with Crippen molar-refractivity contribution < 1.29 is 0 Å². The smallest absolute Gasteiger partial charge is 0.195 e. The molecular weight excluding hydrogens is 317 g/mol. The Hall–Kier alpha value is -1.24. The molecule has 106 valence electrons. The molecule has 1 aromatic heterocycles. The quantitative estimate of drug-likeness (QED) is 0.531. The van der Waals surface area contributed by atoms with Gasteiger partial charge in [0, 0.05) is 17.0 Å². The normalized spacial score (nSPS) is 11.9. The van der Waals surface area contributed by atoms with Gasteiger partial charge in [0.2, 0.25) is 0 Å². The van der Waals surface area contributed by atoms with E-state index in [1.807, 2.05) is 24.6 Å². The molecule has 1 aromatic carbocycles. The molecule has 2 N–H and O–H groups in total. The van der Waals surface area contributed by atoms with E-state index in [0.717, 1.165) is 15.9 Å². The van der Waals surface area contributed by atoms with Crippen molar-refractivity contribution in [2.24, 2.45) is 17.8 Å². The summed E-state index contributed by atoms with van der Waals surface area (Å²) >= 11 is 13.1. The molecule has 1 heterocycles. The number of amidine groups is 1. The average Bonchev–Trinajstić information content (AvgIpc) is 2.73. The van der Waals surface area contributed by atoms with Crippen LogP contribution < -0.4 is 5.73 Å². The van der Waals surface area contributed by atoms with Crippen molar-refractivity contribution in [1.29, 1.82) is 0 Å². The Morgan fingerprint density at radius 1 is 1.45 bits per heavy atom. The van der Waals surface area contributed by atoms with Crippen LogP contribution in [0.25, 0.3) is 0 Å². The Labute approximate surface area is 131 Å². The van der Waals surface area contributed by atoms with Gasteiger partial charge >= 0.3 is 0 Å². The van der Waals surface area contributed by atoms with Gasteiger partial charge in [0.1, 0.15) is 11.7 Å². The average molecular weight is 330 g/mol. The van der Waals surface area contributed by atoms with Crippen molar-refractivity contribution in [3.63, 3.8) is 0 Å². The van der Waals surface area contributed by atoms with E-state index in [0.29, 0.717) is 16.5 Å². The number of hydrogen-bond acceptors (Lipinski definition) is 4. The number of hydrogen-bond donors (Lipinski definition) is 1. The second kappa shape index (κ2) is 6.47. The summed E-state index contributed by atoms with van der Waals surface area (Å²) in [5.74, 6) is 1.34. The van der Waals surface area contributed by atoms with Crippen LogP contribution in [0.1, 0.15) is 5.82 Å². The van der Waals surface area contributed by atoms with Gasteiger partial charge in [-0.25, -0.2) is 4.99 Å². The monoisotopic (exact) mass is 329 g/mol. The molecule has 0 saturated carbocycles. The molecule has 0 spiro atoms. The summed E-state index contributed by atoms with van der Waals surface area (Å²) in [6.45, 7) is 1.89. The Bertz CT molecular complexity index is 653. The zero-order valence-corrected chi connectivity index (χ0v) is 13.3. The number of rotatable bonds is 4. The first-order valence-corrected chi connectivity index (χ1v) is 7.46. The number of halogens is 2. The highest BCUT2D eigenvalue weighted by atomic mass is 35.5. The molecule has 0 aliphatic carbocycles. The standard InChI is InChI=1S/C12H13Cl2N5S/c1-7-17-18-12(19(7)2)20-10-4-3-8(14)5-9(10)16-11(15)6-13/h3-5H,6H2,1-2H3,(H2,15,16). The second-order valence-electron chi connectivity index (χ2n) is 4.04. The van der Waals surface area contributed by atoms with E-state index in [1.54, 1.807) is 12.1 Å². The third-order valence-corrected chi connectivity index (χ3v) is 4.19. The van der Waals surface area contributed by atoms with Gasteiger partial charge in [0.05, 0.1) is 11.6 Å². The molecule has 8 heteroatoms.